The molecule has 0 saturated carbocycles. The molecular formula is C7H4F3IN2O4. The number of halogens is 4. The molecule has 0 aromatic carbocycles. The van der Waals surface area contributed by atoms with Crippen LogP contribution in [0.3, 0.4) is 0 Å². The summed E-state index contributed by atoms with van der Waals surface area (Å²) >= 11 is 1.42. The zero-order valence-corrected chi connectivity index (χ0v) is 10.0. The third kappa shape index (κ3) is 3.66. The summed E-state index contributed by atoms with van der Waals surface area (Å²) in [6.45, 7) is -0.751. The van der Waals surface area contributed by atoms with E-state index >= 15 is 0 Å². The second kappa shape index (κ2) is 5.00. The molecule has 1 rings (SSSR count). The van der Waals surface area contributed by atoms with Crippen molar-refractivity contribution >= 4 is 28.3 Å². The van der Waals surface area contributed by atoms with Gasteiger partial charge in [-0.05, 0) is 22.6 Å². The molecule has 0 atom stereocenters. The number of pyridine rings is 1. The number of hydrogen-bond donors (Lipinski definition) is 1. The lowest BCUT2D eigenvalue weighted by atomic mass is 10.3. The Hall–Kier alpha value is -1.17. The van der Waals surface area contributed by atoms with Crippen LogP contribution in [0.25, 0.3) is 0 Å². The van der Waals surface area contributed by atoms with Gasteiger partial charge in [-0.25, -0.2) is 4.98 Å². The van der Waals surface area contributed by atoms with Crippen LogP contribution in [0.5, 0.6) is 5.75 Å². The van der Waals surface area contributed by atoms with Crippen molar-refractivity contribution in [3.63, 3.8) is 0 Å². The molecule has 0 spiro atoms. The first kappa shape index (κ1) is 13.9. The van der Waals surface area contributed by atoms with Gasteiger partial charge in [0.2, 0.25) is 0 Å². The van der Waals surface area contributed by atoms with Crippen LogP contribution in [0.1, 0.15) is 5.69 Å². The maximum absolute atomic E-state index is 12.0. The van der Waals surface area contributed by atoms with Crippen LogP contribution in [-0.2, 0) is 6.61 Å². The summed E-state index contributed by atoms with van der Waals surface area (Å²) in [7, 11) is 0. The molecule has 94 valence electrons. The lowest BCUT2D eigenvalue weighted by molar-refractivity contribution is -0.386. The van der Waals surface area contributed by atoms with Crippen LogP contribution in [0, 0.1) is 13.8 Å². The minimum absolute atomic E-state index is 0.227. The fraction of sp³-hybridized carbons (Fsp3) is 0.286. The molecule has 1 aromatic heterocycles. The monoisotopic (exact) mass is 364 g/mol. The molecule has 0 fully saturated rings. The molecule has 17 heavy (non-hydrogen) atoms. The van der Waals surface area contributed by atoms with E-state index in [1.807, 2.05) is 0 Å². The number of nitro groups is 1. The Balaban J connectivity index is 3.25. The molecule has 0 aliphatic rings. The standard InChI is InChI=1S/C7H4F3IN2O4/c8-7(9,10)17-5-1-4(13(15)16)3(2-14)12-6(5)11/h1,14H,2H2. The molecule has 0 saturated heterocycles. The van der Waals surface area contributed by atoms with Gasteiger partial charge >= 0.3 is 6.36 Å². The summed E-state index contributed by atoms with van der Waals surface area (Å²) < 4.78 is 39.2. The summed E-state index contributed by atoms with van der Waals surface area (Å²) in [5, 5.41) is 19.3. The normalized spacial score (nSPS) is 11.4. The number of ether oxygens (including phenoxy) is 1. The Kier molecular flexibility index (Phi) is 4.08. The van der Waals surface area contributed by atoms with Crippen LogP contribution >= 0.6 is 22.6 Å². The summed E-state index contributed by atoms with van der Waals surface area (Å²) in [6.07, 6.45) is -4.96. The molecule has 0 radical (unpaired) electrons. The summed E-state index contributed by atoms with van der Waals surface area (Å²) in [5.41, 5.74) is -1.05. The molecule has 0 aliphatic heterocycles. The van der Waals surface area contributed by atoms with Crippen molar-refractivity contribution in [2.24, 2.45) is 0 Å². The van der Waals surface area contributed by atoms with Crippen LogP contribution in [0.4, 0.5) is 18.9 Å². The lowest BCUT2D eigenvalue weighted by Crippen LogP contribution is -2.18. The van der Waals surface area contributed by atoms with E-state index in [-0.39, 0.29) is 9.39 Å². The third-order valence-corrected chi connectivity index (χ3v) is 2.34. The second-order valence-electron chi connectivity index (χ2n) is 2.71. The number of aliphatic hydroxyl groups excluding tert-OH is 1. The van der Waals surface area contributed by atoms with Gasteiger partial charge in [0, 0.05) is 0 Å². The minimum atomic E-state index is -4.96. The fourth-order valence-corrected chi connectivity index (χ4v) is 1.53. The Morgan fingerprint density at radius 3 is 2.59 bits per heavy atom. The number of aromatic nitrogens is 1. The van der Waals surface area contributed by atoms with Gasteiger partial charge in [-0.3, -0.25) is 10.1 Å². The summed E-state index contributed by atoms with van der Waals surface area (Å²) in [4.78, 5) is 13.0. The van der Waals surface area contributed by atoms with E-state index in [2.05, 4.69) is 9.72 Å². The minimum Gasteiger partial charge on any atom is -0.403 e. The highest BCUT2D eigenvalue weighted by Gasteiger charge is 2.33. The Labute approximate surface area is 106 Å². The van der Waals surface area contributed by atoms with Crippen molar-refractivity contribution in [2.45, 2.75) is 13.0 Å². The maximum Gasteiger partial charge on any atom is 0.573 e. The molecule has 0 unspecified atom stereocenters. The van der Waals surface area contributed by atoms with E-state index in [9.17, 15) is 23.3 Å². The molecular weight excluding hydrogens is 360 g/mol. The van der Waals surface area contributed by atoms with E-state index in [1.165, 1.54) is 22.6 Å². The van der Waals surface area contributed by atoms with Crippen LogP contribution < -0.4 is 4.74 Å². The molecule has 0 bridgehead atoms. The van der Waals surface area contributed by atoms with Crippen molar-refractivity contribution in [1.82, 2.24) is 4.98 Å². The summed E-state index contributed by atoms with van der Waals surface area (Å²) in [6, 6.07) is 0.577. The highest BCUT2D eigenvalue weighted by atomic mass is 127. The van der Waals surface area contributed by atoms with Crippen molar-refractivity contribution in [3.8, 4) is 5.75 Å². The van der Waals surface area contributed by atoms with Gasteiger partial charge in [0.1, 0.15) is 9.39 Å². The SMILES string of the molecule is O=[N+]([O-])c1cc(OC(F)(F)F)c(I)nc1CO. The van der Waals surface area contributed by atoms with Gasteiger partial charge in [-0.1, -0.05) is 0 Å². The Morgan fingerprint density at radius 2 is 2.18 bits per heavy atom. The quantitative estimate of drug-likeness (QED) is 0.384. The van der Waals surface area contributed by atoms with Crippen molar-refractivity contribution in [3.05, 3.63) is 25.6 Å². The number of rotatable bonds is 3. The van der Waals surface area contributed by atoms with Crippen LogP contribution in [0.15, 0.2) is 6.07 Å². The maximum atomic E-state index is 12.0. The molecule has 1 aromatic rings. The number of aliphatic hydroxyl groups is 1. The highest BCUT2D eigenvalue weighted by Crippen LogP contribution is 2.31. The highest BCUT2D eigenvalue weighted by molar-refractivity contribution is 14.1. The molecule has 10 heteroatoms. The summed E-state index contributed by atoms with van der Waals surface area (Å²) in [5.74, 6) is -0.776. The topological polar surface area (TPSA) is 85.5 Å². The zero-order valence-electron chi connectivity index (χ0n) is 7.86. The van der Waals surface area contributed by atoms with Crippen molar-refractivity contribution in [1.29, 1.82) is 0 Å². The molecule has 6 nitrogen and oxygen atoms in total. The average molecular weight is 364 g/mol. The fourth-order valence-electron chi connectivity index (χ4n) is 0.969. The lowest BCUT2D eigenvalue weighted by Gasteiger charge is -2.10. The van der Waals surface area contributed by atoms with E-state index in [4.69, 9.17) is 5.11 Å². The van der Waals surface area contributed by atoms with Gasteiger partial charge in [0.25, 0.3) is 5.69 Å². The van der Waals surface area contributed by atoms with Crippen LogP contribution in [-0.4, -0.2) is 21.4 Å². The molecule has 0 amide bonds. The Bertz CT molecular complexity index is 451. The predicted molar refractivity (Wildman–Crippen MR) is 56.2 cm³/mol. The number of nitrogens with zero attached hydrogens (tertiary/aromatic N) is 2. The zero-order chi connectivity index (χ0) is 13.2. The first-order valence-electron chi connectivity index (χ1n) is 3.95. The van der Waals surface area contributed by atoms with Crippen molar-refractivity contribution < 1.29 is 27.9 Å². The van der Waals surface area contributed by atoms with E-state index in [1.54, 1.807) is 0 Å². The predicted octanol–water partition coefficient (Wildman–Crippen LogP) is 1.99. The first-order valence-corrected chi connectivity index (χ1v) is 5.03. The van der Waals surface area contributed by atoms with E-state index in [0.29, 0.717) is 6.07 Å². The second-order valence-corrected chi connectivity index (χ2v) is 3.73. The Morgan fingerprint density at radius 1 is 1.59 bits per heavy atom. The van der Waals surface area contributed by atoms with Crippen molar-refractivity contribution in [2.75, 3.05) is 0 Å². The van der Waals surface area contributed by atoms with Gasteiger partial charge in [0.15, 0.2) is 5.75 Å². The number of alkyl halides is 3. The third-order valence-electron chi connectivity index (χ3n) is 1.57. The first-order chi connectivity index (χ1) is 7.74. The molecule has 0 aliphatic carbocycles. The average Bonchev–Trinajstić information content (AvgIpc) is 2.18. The van der Waals surface area contributed by atoms with Gasteiger partial charge in [0.05, 0.1) is 17.6 Å². The largest absolute Gasteiger partial charge is 0.573 e. The van der Waals surface area contributed by atoms with Crippen LogP contribution in [0.2, 0.25) is 0 Å². The van der Waals surface area contributed by atoms with Gasteiger partial charge < -0.3 is 9.84 Å². The van der Waals surface area contributed by atoms with Gasteiger partial charge in [-0.15, -0.1) is 13.2 Å². The molecule has 1 N–H and O–H groups in total. The number of hydrogen-bond acceptors (Lipinski definition) is 5. The smallest absolute Gasteiger partial charge is 0.403 e. The van der Waals surface area contributed by atoms with E-state index in [0.717, 1.165) is 0 Å². The molecule has 1 heterocycles. The van der Waals surface area contributed by atoms with E-state index < -0.39 is 29.3 Å². The van der Waals surface area contributed by atoms with Gasteiger partial charge in [-0.2, -0.15) is 0 Å².